The minimum absolute atomic E-state index is 0.0928. The lowest BCUT2D eigenvalue weighted by Crippen LogP contribution is -2.10. The molecule has 0 radical (unpaired) electrons. The van der Waals surface area contributed by atoms with Crippen LogP contribution in [0.4, 0.5) is 0 Å². The molecule has 0 fully saturated rings. The van der Waals surface area contributed by atoms with E-state index < -0.39 is 5.97 Å². The summed E-state index contributed by atoms with van der Waals surface area (Å²) in [5, 5.41) is 0. The number of methoxy groups -OCH3 is 1. The molecule has 0 aliphatic heterocycles. The Morgan fingerprint density at radius 2 is 1.88 bits per heavy atom. The van der Waals surface area contributed by atoms with E-state index in [1.165, 1.54) is 12.7 Å². The number of carbonyl (C=O) groups is 2. The number of carbonyl (C=O) groups excluding carboxylic acids is 2. The van der Waals surface area contributed by atoms with Gasteiger partial charge in [0, 0.05) is 13.0 Å². The maximum atomic E-state index is 11.2. The van der Waals surface area contributed by atoms with E-state index in [2.05, 4.69) is 10.8 Å². The van der Waals surface area contributed by atoms with Gasteiger partial charge >= 0.3 is 5.97 Å². The van der Waals surface area contributed by atoms with Gasteiger partial charge in [-0.2, -0.15) is 0 Å². The Labute approximate surface area is 103 Å². The summed E-state index contributed by atoms with van der Waals surface area (Å²) in [6, 6.07) is 0. The molecule has 0 aliphatic carbocycles. The molecule has 0 atom stereocenters. The summed E-state index contributed by atoms with van der Waals surface area (Å²) in [6.45, 7) is 5.33. The minimum Gasteiger partial charge on any atom is -0.469 e. The monoisotopic (exact) mass is 242 g/mol. The number of hydrogen-bond acceptors (Lipinski definition) is 4. The average molecular weight is 242 g/mol. The van der Waals surface area contributed by atoms with Crippen molar-refractivity contribution in [3.05, 3.63) is 11.6 Å². The lowest BCUT2D eigenvalue weighted by atomic mass is 10.2. The van der Waals surface area contributed by atoms with E-state index in [1.54, 1.807) is 0 Å². The predicted octanol–water partition coefficient (Wildman–Crippen LogP) is 2.27. The van der Waals surface area contributed by atoms with E-state index in [0.717, 1.165) is 6.42 Å². The van der Waals surface area contributed by atoms with Gasteiger partial charge < -0.3 is 9.47 Å². The van der Waals surface area contributed by atoms with Crippen molar-refractivity contribution in [1.82, 2.24) is 0 Å². The number of esters is 1. The van der Waals surface area contributed by atoms with Crippen LogP contribution in [0.3, 0.4) is 0 Å². The molecular weight excluding hydrogens is 220 g/mol. The first-order valence-corrected chi connectivity index (χ1v) is 5.86. The standard InChI is InChI=1S/C13H22O4/c1-11(2)6-4-8-17-9-5-7-12(14)10-13(15)16-3/h6H,4-5,7-10H2,1-3H3. The highest BCUT2D eigenvalue weighted by molar-refractivity contribution is 5.95. The number of rotatable bonds is 9. The van der Waals surface area contributed by atoms with Gasteiger partial charge in [0.1, 0.15) is 12.2 Å². The molecule has 0 bridgehead atoms. The summed E-state index contributed by atoms with van der Waals surface area (Å²) in [5.41, 5.74) is 1.28. The highest BCUT2D eigenvalue weighted by Gasteiger charge is 2.08. The van der Waals surface area contributed by atoms with Gasteiger partial charge in [0.25, 0.3) is 0 Å². The fourth-order valence-electron chi connectivity index (χ4n) is 1.23. The van der Waals surface area contributed by atoms with Crippen LogP contribution in [-0.2, 0) is 19.1 Å². The summed E-state index contributed by atoms with van der Waals surface area (Å²) < 4.78 is 9.76. The number of allylic oxidation sites excluding steroid dienone is 1. The zero-order valence-electron chi connectivity index (χ0n) is 11.0. The van der Waals surface area contributed by atoms with Crippen LogP contribution in [0.1, 0.15) is 39.5 Å². The van der Waals surface area contributed by atoms with E-state index in [-0.39, 0.29) is 12.2 Å². The van der Waals surface area contributed by atoms with E-state index in [0.29, 0.717) is 26.1 Å². The molecule has 0 rings (SSSR count). The topological polar surface area (TPSA) is 52.6 Å². The summed E-state index contributed by atoms with van der Waals surface area (Å²) in [7, 11) is 1.28. The molecule has 17 heavy (non-hydrogen) atoms. The molecule has 0 saturated heterocycles. The first-order chi connectivity index (χ1) is 8.06. The maximum absolute atomic E-state index is 11.2. The van der Waals surface area contributed by atoms with Gasteiger partial charge in [0.05, 0.1) is 13.7 Å². The van der Waals surface area contributed by atoms with Crippen molar-refractivity contribution < 1.29 is 19.1 Å². The van der Waals surface area contributed by atoms with Crippen LogP contribution < -0.4 is 0 Å². The number of ether oxygens (including phenoxy) is 2. The average Bonchev–Trinajstić information content (AvgIpc) is 2.27. The number of Topliss-reactive ketones (excluding diaryl/α,β-unsaturated/α-hetero) is 1. The Hall–Kier alpha value is -1.16. The van der Waals surface area contributed by atoms with E-state index >= 15 is 0 Å². The second kappa shape index (κ2) is 10.0. The third kappa shape index (κ3) is 11.1. The molecule has 0 spiro atoms. The van der Waals surface area contributed by atoms with Gasteiger partial charge in [-0.15, -0.1) is 0 Å². The molecule has 4 nitrogen and oxygen atoms in total. The van der Waals surface area contributed by atoms with Gasteiger partial charge in [-0.3, -0.25) is 9.59 Å². The normalized spacial score (nSPS) is 9.82. The fourth-order valence-corrected chi connectivity index (χ4v) is 1.23. The zero-order valence-corrected chi connectivity index (χ0v) is 11.0. The highest BCUT2D eigenvalue weighted by Crippen LogP contribution is 1.99. The molecule has 0 aliphatic rings. The molecular formula is C13H22O4. The van der Waals surface area contributed by atoms with Crippen molar-refractivity contribution in [2.75, 3.05) is 20.3 Å². The van der Waals surface area contributed by atoms with Crippen molar-refractivity contribution >= 4 is 11.8 Å². The molecule has 0 aromatic heterocycles. The fraction of sp³-hybridized carbons (Fsp3) is 0.692. The van der Waals surface area contributed by atoms with Crippen LogP contribution in [0.5, 0.6) is 0 Å². The summed E-state index contributed by atoms with van der Waals surface area (Å²) in [6.07, 6.45) is 3.91. The van der Waals surface area contributed by atoms with Crippen molar-refractivity contribution in [3.8, 4) is 0 Å². The zero-order chi connectivity index (χ0) is 13.1. The molecule has 0 aromatic rings. The van der Waals surface area contributed by atoms with E-state index in [1.807, 2.05) is 13.8 Å². The Bertz CT molecular complexity index is 265. The molecule has 0 aromatic carbocycles. The first-order valence-electron chi connectivity index (χ1n) is 5.86. The van der Waals surface area contributed by atoms with Crippen molar-refractivity contribution in [3.63, 3.8) is 0 Å². The van der Waals surface area contributed by atoms with E-state index in [4.69, 9.17) is 4.74 Å². The van der Waals surface area contributed by atoms with Gasteiger partial charge in [-0.05, 0) is 26.7 Å². The lowest BCUT2D eigenvalue weighted by molar-refractivity contribution is -0.143. The summed E-state index contributed by atoms with van der Waals surface area (Å²) >= 11 is 0. The smallest absolute Gasteiger partial charge is 0.313 e. The highest BCUT2D eigenvalue weighted by atomic mass is 16.5. The van der Waals surface area contributed by atoms with Crippen LogP contribution in [0.15, 0.2) is 11.6 Å². The van der Waals surface area contributed by atoms with E-state index in [9.17, 15) is 9.59 Å². The van der Waals surface area contributed by atoms with Crippen LogP contribution in [0, 0.1) is 0 Å². The number of hydrogen-bond donors (Lipinski definition) is 0. The Morgan fingerprint density at radius 1 is 1.18 bits per heavy atom. The van der Waals surface area contributed by atoms with Gasteiger partial charge in [-0.1, -0.05) is 11.6 Å². The molecule has 0 N–H and O–H groups in total. The first kappa shape index (κ1) is 15.8. The summed E-state index contributed by atoms with van der Waals surface area (Å²) in [5.74, 6) is -0.566. The Balaban J connectivity index is 3.36. The third-order valence-corrected chi connectivity index (χ3v) is 2.13. The SMILES string of the molecule is COC(=O)CC(=O)CCCOCCC=C(C)C. The second-order valence-electron chi connectivity index (χ2n) is 4.08. The maximum Gasteiger partial charge on any atom is 0.313 e. The van der Waals surface area contributed by atoms with Crippen molar-refractivity contribution in [2.45, 2.75) is 39.5 Å². The molecule has 4 heteroatoms. The van der Waals surface area contributed by atoms with Crippen LogP contribution in [0.2, 0.25) is 0 Å². The van der Waals surface area contributed by atoms with Crippen LogP contribution in [0.25, 0.3) is 0 Å². The van der Waals surface area contributed by atoms with Gasteiger partial charge in [0.15, 0.2) is 0 Å². The second-order valence-corrected chi connectivity index (χ2v) is 4.08. The van der Waals surface area contributed by atoms with Crippen molar-refractivity contribution in [2.24, 2.45) is 0 Å². The molecule has 0 unspecified atom stereocenters. The molecule has 0 amide bonds. The predicted molar refractivity (Wildman–Crippen MR) is 65.7 cm³/mol. The summed E-state index contributed by atoms with van der Waals surface area (Å²) in [4.78, 5) is 22.0. The van der Waals surface area contributed by atoms with Crippen LogP contribution in [-0.4, -0.2) is 32.1 Å². The van der Waals surface area contributed by atoms with Crippen LogP contribution >= 0.6 is 0 Å². The largest absolute Gasteiger partial charge is 0.469 e. The third-order valence-electron chi connectivity index (χ3n) is 2.13. The Morgan fingerprint density at radius 3 is 2.47 bits per heavy atom. The van der Waals surface area contributed by atoms with Gasteiger partial charge in [0.2, 0.25) is 0 Å². The molecule has 98 valence electrons. The number of ketones is 1. The molecule has 0 heterocycles. The van der Waals surface area contributed by atoms with Gasteiger partial charge in [-0.25, -0.2) is 0 Å². The minimum atomic E-state index is -0.473. The van der Waals surface area contributed by atoms with Crippen molar-refractivity contribution in [1.29, 1.82) is 0 Å². The quantitative estimate of drug-likeness (QED) is 0.269. The Kier molecular flexibility index (Phi) is 9.34. The lowest BCUT2D eigenvalue weighted by Gasteiger charge is -2.02. The molecule has 0 saturated carbocycles.